The van der Waals surface area contributed by atoms with Crippen LogP contribution in [0.3, 0.4) is 0 Å². The molecular weight excluding hydrogens is 298 g/mol. The van der Waals surface area contributed by atoms with Gasteiger partial charge in [-0.3, -0.25) is 4.79 Å². The number of anilines is 1. The SMILES string of the molecule is CC.COC(=O)c1cnc(N2CCn3cc(C=O)nc3C2)nc1. The highest BCUT2D eigenvalue weighted by molar-refractivity contribution is 5.88. The third kappa shape index (κ3) is 3.53. The Kier molecular flexibility index (Phi) is 5.40. The lowest BCUT2D eigenvalue weighted by atomic mass is 10.3. The number of fused-ring (bicyclic) bond motifs is 1. The van der Waals surface area contributed by atoms with Crippen molar-refractivity contribution >= 4 is 18.2 Å². The van der Waals surface area contributed by atoms with Crippen LogP contribution in [0.2, 0.25) is 0 Å². The van der Waals surface area contributed by atoms with Crippen LogP contribution in [0.1, 0.15) is 40.5 Å². The first kappa shape index (κ1) is 16.6. The number of esters is 1. The van der Waals surface area contributed by atoms with Gasteiger partial charge in [0, 0.05) is 31.7 Å². The second-order valence-corrected chi connectivity index (χ2v) is 4.58. The highest BCUT2D eigenvalue weighted by atomic mass is 16.5. The summed E-state index contributed by atoms with van der Waals surface area (Å²) in [4.78, 5) is 36.6. The largest absolute Gasteiger partial charge is 0.465 e. The average molecular weight is 317 g/mol. The summed E-state index contributed by atoms with van der Waals surface area (Å²) in [7, 11) is 1.31. The van der Waals surface area contributed by atoms with Crippen LogP contribution in [-0.4, -0.2) is 45.4 Å². The number of ether oxygens (including phenoxy) is 1. The van der Waals surface area contributed by atoms with Crippen molar-refractivity contribution in [1.29, 1.82) is 0 Å². The van der Waals surface area contributed by atoms with E-state index < -0.39 is 5.97 Å². The van der Waals surface area contributed by atoms with Gasteiger partial charge in [0.2, 0.25) is 5.95 Å². The van der Waals surface area contributed by atoms with E-state index in [1.54, 1.807) is 6.20 Å². The van der Waals surface area contributed by atoms with Gasteiger partial charge in [-0.1, -0.05) is 13.8 Å². The van der Waals surface area contributed by atoms with Crippen LogP contribution in [-0.2, 0) is 17.8 Å². The van der Waals surface area contributed by atoms with E-state index in [0.717, 1.165) is 12.1 Å². The summed E-state index contributed by atoms with van der Waals surface area (Å²) in [6.45, 7) is 5.93. The van der Waals surface area contributed by atoms with Gasteiger partial charge in [0.05, 0.1) is 19.2 Å². The quantitative estimate of drug-likeness (QED) is 0.623. The molecule has 1 aliphatic heterocycles. The van der Waals surface area contributed by atoms with Crippen LogP contribution in [0.25, 0.3) is 0 Å². The monoisotopic (exact) mass is 317 g/mol. The normalized spacial score (nSPS) is 12.7. The van der Waals surface area contributed by atoms with Crippen LogP contribution in [0.15, 0.2) is 18.6 Å². The predicted octanol–water partition coefficient (Wildman–Crippen LogP) is 1.32. The Morgan fingerprint density at radius 2 is 1.96 bits per heavy atom. The number of hydrogen-bond acceptors (Lipinski definition) is 7. The van der Waals surface area contributed by atoms with Crippen molar-refractivity contribution in [2.75, 3.05) is 18.6 Å². The maximum absolute atomic E-state index is 11.3. The molecule has 0 N–H and O–H groups in total. The van der Waals surface area contributed by atoms with E-state index in [-0.39, 0.29) is 0 Å². The molecular formula is C15H19N5O3. The molecule has 0 atom stereocenters. The van der Waals surface area contributed by atoms with Gasteiger partial charge in [-0.25, -0.2) is 19.7 Å². The predicted molar refractivity (Wildman–Crippen MR) is 83.4 cm³/mol. The fraction of sp³-hybridized carbons (Fsp3) is 0.400. The van der Waals surface area contributed by atoms with Crippen molar-refractivity contribution < 1.29 is 14.3 Å². The van der Waals surface area contributed by atoms with Crippen LogP contribution in [0.4, 0.5) is 5.95 Å². The zero-order valence-electron chi connectivity index (χ0n) is 13.4. The van der Waals surface area contributed by atoms with Gasteiger partial charge in [-0.15, -0.1) is 0 Å². The van der Waals surface area contributed by atoms with Crippen LogP contribution in [0.5, 0.6) is 0 Å². The third-order valence-corrected chi connectivity index (χ3v) is 3.28. The highest BCUT2D eigenvalue weighted by Gasteiger charge is 2.20. The van der Waals surface area contributed by atoms with Gasteiger partial charge >= 0.3 is 5.97 Å². The lowest BCUT2D eigenvalue weighted by Gasteiger charge is -2.27. The van der Waals surface area contributed by atoms with E-state index in [2.05, 4.69) is 19.7 Å². The molecule has 2 aromatic heterocycles. The topological polar surface area (TPSA) is 90.2 Å². The standard InChI is InChI=1S/C13H13N5O3.C2H6/c1-21-12(20)9-4-14-13(15-5-9)18-3-2-17-6-10(8-19)16-11(17)7-18;1-2/h4-6,8H,2-3,7H2,1H3;1-2H3. The van der Waals surface area contributed by atoms with Gasteiger partial charge in [-0.2, -0.15) is 0 Å². The Hall–Kier alpha value is -2.77. The Balaban J connectivity index is 0.000000924. The molecule has 0 aliphatic carbocycles. The van der Waals surface area contributed by atoms with E-state index in [4.69, 9.17) is 0 Å². The molecule has 8 nitrogen and oxygen atoms in total. The smallest absolute Gasteiger partial charge is 0.341 e. The Morgan fingerprint density at radius 3 is 2.57 bits per heavy atom. The molecule has 0 bridgehead atoms. The molecule has 3 rings (SSSR count). The van der Waals surface area contributed by atoms with Gasteiger partial charge < -0.3 is 14.2 Å². The number of hydrogen-bond donors (Lipinski definition) is 0. The molecule has 0 radical (unpaired) electrons. The molecule has 122 valence electrons. The van der Waals surface area contributed by atoms with Gasteiger partial charge in [0.25, 0.3) is 0 Å². The van der Waals surface area contributed by atoms with Crippen molar-refractivity contribution in [3.05, 3.63) is 35.7 Å². The summed E-state index contributed by atoms with van der Waals surface area (Å²) in [6, 6.07) is 0. The Bertz CT molecular complexity index is 681. The number of methoxy groups -OCH3 is 1. The minimum atomic E-state index is -0.466. The summed E-state index contributed by atoms with van der Waals surface area (Å²) >= 11 is 0. The molecule has 0 fully saturated rings. The number of imidazole rings is 1. The molecule has 0 amide bonds. The Morgan fingerprint density at radius 1 is 1.26 bits per heavy atom. The number of nitrogens with zero attached hydrogens (tertiary/aromatic N) is 5. The van der Waals surface area contributed by atoms with Crippen LogP contribution >= 0.6 is 0 Å². The summed E-state index contributed by atoms with van der Waals surface area (Å²) in [5.74, 6) is 0.847. The number of aldehydes is 1. The first-order valence-electron chi connectivity index (χ1n) is 7.38. The molecule has 1 aliphatic rings. The first-order chi connectivity index (χ1) is 11.2. The third-order valence-electron chi connectivity index (χ3n) is 3.28. The maximum Gasteiger partial charge on any atom is 0.341 e. The molecule has 0 aromatic carbocycles. The molecule has 0 spiro atoms. The van der Waals surface area contributed by atoms with Crippen molar-refractivity contribution in [3.8, 4) is 0 Å². The average Bonchev–Trinajstić information content (AvgIpc) is 3.05. The molecule has 0 saturated carbocycles. The molecule has 2 aromatic rings. The minimum Gasteiger partial charge on any atom is -0.465 e. The maximum atomic E-state index is 11.3. The van der Waals surface area contributed by atoms with Gasteiger partial charge in [0.1, 0.15) is 11.5 Å². The first-order valence-corrected chi connectivity index (χ1v) is 7.38. The number of rotatable bonds is 3. The summed E-state index contributed by atoms with van der Waals surface area (Å²) < 4.78 is 6.55. The molecule has 3 heterocycles. The zero-order chi connectivity index (χ0) is 16.8. The van der Waals surface area contributed by atoms with E-state index >= 15 is 0 Å². The number of carbonyl (C=O) groups excluding carboxylic acids is 2. The molecule has 0 saturated heterocycles. The van der Waals surface area contributed by atoms with Crippen molar-refractivity contribution in [2.24, 2.45) is 0 Å². The van der Waals surface area contributed by atoms with E-state index in [1.807, 2.05) is 23.3 Å². The number of aromatic nitrogens is 4. The molecule has 23 heavy (non-hydrogen) atoms. The summed E-state index contributed by atoms with van der Waals surface area (Å²) in [5, 5.41) is 0. The number of carbonyl (C=O) groups is 2. The molecule has 0 unspecified atom stereocenters. The van der Waals surface area contributed by atoms with E-state index in [1.165, 1.54) is 19.5 Å². The summed E-state index contributed by atoms with van der Waals surface area (Å²) in [5.41, 5.74) is 0.733. The van der Waals surface area contributed by atoms with E-state index in [0.29, 0.717) is 36.8 Å². The second kappa shape index (κ2) is 7.48. The lowest BCUT2D eigenvalue weighted by Crippen LogP contribution is -2.34. The summed E-state index contributed by atoms with van der Waals surface area (Å²) in [6.07, 6.45) is 5.34. The zero-order valence-corrected chi connectivity index (χ0v) is 13.4. The van der Waals surface area contributed by atoms with Crippen molar-refractivity contribution in [3.63, 3.8) is 0 Å². The van der Waals surface area contributed by atoms with Crippen LogP contribution < -0.4 is 4.90 Å². The fourth-order valence-electron chi connectivity index (χ4n) is 2.21. The Labute approximate surface area is 134 Å². The van der Waals surface area contributed by atoms with Gasteiger partial charge in [-0.05, 0) is 0 Å². The van der Waals surface area contributed by atoms with Crippen molar-refractivity contribution in [1.82, 2.24) is 19.5 Å². The minimum absolute atomic E-state index is 0.308. The van der Waals surface area contributed by atoms with E-state index in [9.17, 15) is 9.59 Å². The van der Waals surface area contributed by atoms with Gasteiger partial charge in [0.15, 0.2) is 6.29 Å². The second-order valence-electron chi connectivity index (χ2n) is 4.58. The lowest BCUT2D eigenvalue weighted by molar-refractivity contribution is 0.0599. The molecule has 8 heteroatoms. The van der Waals surface area contributed by atoms with Crippen LogP contribution in [0, 0.1) is 0 Å². The van der Waals surface area contributed by atoms with Crippen molar-refractivity contribution in [2.45, 2.75) is 26.9 Å². The fourth-order valence-corrected chi connectivity index (χ4v) is 2.21. The highest BCUT2D eigenvalue weighted by Crippen LogP contribution is 2.17.